The molecule has 0 unspecified atom stereocenters. The summed E-state index contributed by atoms with van der Waals surface area (Å²) >= 11 is 0. The molecule has 0 spiro atoms. The fraction of sp³-hybridized carbons (Fsp3) is 0.556. The van der Waals surface area contributed by atoms with Crippen LogP contribution in [0.3, 0.4) is 0 Å². The van der Waals surface area contributed by atoms with Crippen molar-refractivity contribution in [1.29, 1.82) is 0 Å². The summed E-state index contributed by atoms with van der Waals surface area (Å²) < 4.78 is 1.86. The third-order valence-corrected chi connectivity index (χ3v) is 2.17. The predicted octanol–water partition coefficient (Wildman–Crippen LogP) is 1.17. The van der Waals surface area contributed by atoms with Gasteiger partial charge in [0.25, 0.3) is 0 Å². The summed E-state index contributed by atoms with van der Waals surface area (Å²) in [4.78, 5) is 10.2. The van der Waals surface area contributed by atoms with Crippen LogP contribution in [0, 0.1) is 13.8 Å². The maximum atomic E-state index is 10.2. The Bertz CT molecular complexity index is 289. The van der Waals surface area contributed by atoms with Gasteiger partial charge < -0.3 is 4.79 Å². The highest BCUT2D eigenvalue weighted by molar-refractivity contribution is 5.50. The quantitative estimate of drug-likeness (QED) is 0.632. The summed E-state index contributed by atoms with van der Waals surface area (Å²) in [5.74, 6) is 0. The highest BCUT2D eigenvalue weighted by Crippen LogP contribution is 2.12. The number of aryl methyl sites for hydroxylation is 2. The summed E-state index contributed by atoms with van der Waals surface area (Å²) in [5.41, 5.74) is 3.41. The van der Waals surface area contributed by atoms with E-state index in [4.69, 9.17) is 0 Å². The fourth-order valence-corrected chi connectivity index (χ4v) is 1.38. The van der Waals surface area contributed by atoms with E-state index in [1.807, 2.05) is 25.6 Å². The van der Waals surface area contributed by atoms with Gasteiger partial charge in [-0.1, -0.05) is 0 Å². The van der Waals surface area contributed by atoms with E-state index in [1.54, 1.807) is 0 Å². The molecule has 0 bridgehead atoms. The van der Waals surface area contributed by atoms with Crippen molar-refractivity contribution in [3.8, 4) is 0 Å². The van der Waals surface area contributed by atoms with Crippen LogP contribution in [0.5, 0.6) is 0 Å². The minimum absolute atomic E-state index is 0.591. The molecular weight excluding hydrogens is 152 g/mol. The zero-order chi connectivity index (χ0) is 9.14. The van der Waals surface area contributed by atoms with Gasteiger partial charge in [-0.2, -0.15) is 5.10 Å². The third-order valence-electron chi connectivity index (χ3n) is 2.17. The van der Waals surface area contributed by atoms with Gasteiger partial charge in [0.1, 0.15) is 6.29 Å². The highest BCUT2D eigenvalue weighted by atomic mass is 16.1. The topological polar surface area (TPSA) is 34.9 Å². The molecule has 0 saturated heterocycles. The van der Waals surface area contributed by atoms with E-state index in [9.17, 15) is 4.79 Å². The fourth-order valence-electron chi connectivity index (χ4n) is 1.38. The van der Waals surface area contributed by atoms with Gasteiger partial charge in [-0.05, 0) is 25.8 Å². The van der Waals surface area contributed by atoms with Gasteiger partial charge in [0.15, 0.2) is 0 Å². The van der Waals surface area contributed by atoms with Gasteiger partial charge in [0.2, 0.25) is 0 Å². The number of carbonyl (C=O) groups is 1. The maximum Gasteiger partial charge on any atom is 0.120 e. The van der Waals surface area contributed by atoms with Crippen LogP contribution in [-0.2, 0) is 18.3 Å². The highest BCUT2D eigenvalue weighted by Gasteiger charge is 2.07. The number of hydrogen-bond donors (Lipinski definition) is 0. The molecule has 0 aliphatic rings. The molecule has 0 fully saturated rings. The van der Waals surface area contributed by atoms with E-state index in [-0.39, 0.29) is 0 Å². The van der Waals surface area contributed by atoms with Gasteiger partial charge in [-0.15, -0.1) is 0 Å². The van der Waals surface area contributed by atoms with Crippen LogP contribution in [0.4, 0.5) is 0 Å². The first-order chi connectivity index (χ1) is 5.66. The molecule has 66 valence electrons. The normalized spacial score (nSPS) is 10.2. The Labute approximate surface area is 72.4 Å². The van der Waals surface area contributed by atoms with Crippen LogP contribution in [-0.4, -0.2) is 16.1 Å². The Kier molecular flexibility index (Phi) is 2.63. The lowest BCUT2D eigenvalue weighted by Gasteiger charge is -1.97. The van der Waals surface area contributed by atoms with Crippen LogP contribution in [0.1, 0.15) is 23.4 Å². The minimum atomic E-state index is 0.591. The van der Waals surface area contributed by atoms with Crippen LogP contribution >= 0.6 is 0 Å². The van der Waals surface area contributed by atoms with E-state index >= 15 is 0 Å². The van der Waals surface area contributed by atoms with Crippen molar-refractivity contribution < 1.29 is 4.79 Å². The molecule has 3 heteroatoms. The van der Waals surface area contributed by atoms with Crippen LogP contribution in [0.2, 0.25) is 0 Å². The molecule has 3 nitrogen and oxygen atoms in total. The van der Waals surface area contributed by atoms with E-state index in [0.29, 0.717) is 6.42 Å². The Morgan fingerprint density at radius 1 is 1.50 bits per heavy atom. The van der Waals surface area contributed by atoms with Crippen LogP contribution in [0.15, 0.2) is 0 Å². The van der Waals surface area contributed by atoms with Crippen molar-refractivity contribution in [3.05, 3.63) is 17.0 Å². The van der Waals surface area contributed by atoms with Crippen molar-refractivity contribution in [2.24, 2.45) is 7.05 Å². The Hall–Kier alpha value is -1.12. The zero-order valence-electron chi connectivity index (χ0n) is 7.79. The average molecular weight is 166 g/mol. The molecule has 1 heterocycles. The molecule has 0 aliphatic heterocycles. The largest absolute Gasteiger partial charge is 0.303 e. The number of carbonyl (C=O) groups excluding carboxylic acids is 1. The lowest BCUT2D eigenvalue weighted by Crippen LogP contribution is -1.94. The summed E-state index contributed by atoms with van der Waals surface area (Å²) in [6.07, 6.45) is 2.36. The van der Waals surface area contributed by atoms with Gasteiger partial charge in [-0.3, -0.25) is 4.68 Å². The molecule has 0 amide bonds. The zero-order valence-corrected chi connectivity index (χ0v) is 7.79. The van der Waals surface area contributed by atoms with Crippen molar-refractivity contribution in [2.45, 2.75) is 26.7 Å². The first-order valence-electron chi connectivity index (χ1n) is 4.09. The lowest BCUT2D eigenvalue weighted by atomic mass is 10.1. The number of aldehydes is 1. The van der Waals surface area contributed by atoms with Gasteiger partial charge in [-0.25, -0.2) is 0 Å². The van der Waals surface area contributed by atoms with Crippen LogP contribution in [0.25, 0.3) is 0 Å². The predicted molar refractivity (Wildman–Crippen MR) is 47.1 cm³/mol. The van der Waals surface area contributed by atoms with E-state index in [2.05, 4.69) is 5.10 Å². The molecule has 1 aromatic heterocycles. The second kappa shape index (κ2) is 3.52. The van der Waals surface area contributed by atoms with Crippen LogP contribution < -0.4 is 0 Å². The first-order valence-corrected chi connectivity index (χ1v) is 4.09. The summed E-state index contributed by atoms with van der Waals surface area (Å²) in [7, 11) is 1.92. The second-order valence-electron chi connectivity index (χ2n) is 2.98. The Morgan fingerprint density at radius 3 is 2.58 bits per heavy atom. The standard InChI is InChI=1S/C9H14N2O/c1-7-9(5-4-6-12)8(2)11(3)10-7/h6H,4-5H2,1-3H3. The third kappa shape index (κ3) is 1.55. The lowest BCUT2D eigenvalue weighted by molar-refractivity contribution is -0.107. The molecule has 1 rings (SSSR count). The van der Waals surface area contributed by atoms with Gasteiger partial charge >= 0.3 is 0 Å². The van der Waals surface area contributed by atoms with Gasteiger partial charge in [0.05, 0.1) is 5.69 Å². The van der Waals surface area contributed by atoms with E-state index < -0.39 is 0 Å². The molecule has 0 aromatic carbocycles. The summed E-state index contributed by atoms with van der Waals surface area (Å²) in [6.45, 7) is 4.01. The molecule has 0 aliphatic carbocycles. The SMILES string of the molecule is Cc1nn(C)c(C)c1CCC=O. The molecular formula is C9H14N2O. The number of aromatic nitrogens is 2. The van der Waals surface area contributed by atoms with Crippen molar-refractivity contribution in [1.82, 2.24) is 9.78 Å². The smallest absolute Gasteiger partial charge is 0.120 e. The Balaban J connectivity index is 2.89. The van der Waals surface area contributed by atoms with E-state index in [1.165, 1.54) is 5.56 Å². The molecule has 0 atom stereocenters. The summed E-state index contributed by atoms with van der Waals surface area (Å²) in [6, 6.07) is 0. The van der Waals surface area contributed by atoms with Crippen molar-refractivity contribution in [2.75, 3.05) is 0 Å². The molecule has 12 heavy (non-hydrogen) atoms. The van der Waals surface area contributed by atoms with Crippen molar-refractivity contribution >= 4 is 6.29 Å². The molecule has 0 N–H and O–H groups in total. The number of hydrogen-bond acceptors (Lipinski definition) is 2. The first kappa shape index (κ1) is 8.97. The minimum Gasteiger partial charge on any atom is -0.303 e. The number of nitrogens with zero attached hydrogens (tertiary/aromatic N) is 2. The van der Waals surface area contributed by atoms with Crippen molar-refractivity contribution in [3.63, 3.8) is 0 Å². The monoisotopic (exact) mass is 166 g/mol. The number of rotatable bonds is 3. The maximum absolute atomic E-state index is 10.2. The van der Waals surface area contributed by atoms with E-state index in [0.717, 1.165) is 24.1 Å². The van der Waals surface area contributed by atoms with Gasteiger partial charge in [0, 0.05) is 19.2 Å². The molecule has 0 saturated carbocycles. The molecule has 0 radical (unpaired) electrons. The summed E-state index contributed by atoms with van der Waals surface area (Å²) in [5, 5.41) is 4.26. The Morgan fingerprint density at radius 2 is 2.17 bits per heavy atom. The average Bonchev–Trinajstić information content (AvgIpc) is 2.25. The molecule has 1 aromatic rings. The second-order valence-corrected chi connectivity index (χ2v) is 2.98.